The Bertz CT molecular complexity index is 833. The lowest BCUT2D eigenvalue weighted by Gasteiger charge is -2.42. The highest BCUT2D eigenvalue weighted by Crippen LogP contribution is 2.31. The third-order valence-electron chi connectivity index (χ3n) is 6.30. The summed E-state index contributed by atoms with van der Waals surface area (Å²) in [4.78, 5) is 16.7. The van der Waals surface area contributed by atoms with E-state index in [1.165, 1.54) is 5.56 Å². The van der Waals surface area contributed by atoms with Crippen LogP contribution in [0, 0.1) is 5.82 Å². The van der Waals surface area contributed by atoms with Gasteiger partial charge < -0.3 is 14.4 Å². The first kappa shape index (κ1) is 18.2. The second kappa shape index (κ2) is 7.85. The molecular weight excluding hydrogens is 341 g/mol. The molecule has 5 heteroatoms. The molecule has 0 saturated carbocycles. The number of pyridine rings is 1. The Morgan fingerprint density at radius 2 is 1.67 bits per heavy atom. The molecule has 2 aromatic rings. The van der Waals surface area contributed by atoms with E-state index in [9.17, 15) is 9.18 Å². The topological polar surface area (TPSA) is 28.5 Å². The zero-order valence-electron chi connectivity index (χ0n) is 16.0. The Kier molecular flexibility index (Phi) is 5.30. The van der Waals surface area contributed by atoms with Crippen LogP contribution in [0.5, 0.6) is 0 Å². The summed E-state index contributed by atoms with van der Waals surface area (Å²) in [5, 5.41) is 0. The van der Waals surface area contributed by atoms with Crippen LogP contribution in [0.2, 0.25) is 0 Å². The second-order valence-electron chi connectivity index (χ2n) is 7.89. The van der Waals surface area contributed by atoms with E-state index < -0.39 is 0 Å². The average Bonchev–Trinajstić information content (AvgIpc) is 2.71. The monoisotopic (exact) mass is 369 g/mol. The maximum atomic E-state index is 14.0. The molecule has 0 N–H and O–H groups in total. The van der Waals surface area contributed by atoms with Crippen molar-refractivity contribution in [2.45, 2.75) is 37.6 Å². The van der Waals surface area contributed by atoms with Crippen molar-refractivity contribution in [1.29, 1.82) is 0 Å². The van der Waals surface area contributed by atoms with E-state index in [4.69, 9.17) is 0 Å². The highest BCUT2D eigenvalue weighted by Gasteiger charge is 2.29. The number of nitrogens with zero attached hydrogens (tertiary/aromatic N) is 3. The van der Waals surface area contributed by atoms with Gasteiger partial charge in [0, 0.05) is 38.4 Å². The van der Waals surface area contributed by atoms with Gasteiger partial charge in [0.2, 0.25) is 0 Å². The molecular formula is C22H28FN3O. The maximum Gasteiger partial charge on any atom is 0.250 e. The predicted octanol–water partition coefficient (Wildman–Crippen LogP) is 3.37. The van der Waals surface area contributed by atoms with Gasteiger partial charge in [-0.3, -0.25) is 4.79 Å². The van der Waals surface area contributed by atoms with Crippen LogP contribution in [0.1, 0.15) is 37.2 Å². The van der Waals surface area contributed by atoms with E-state index in [0.717, 1.165) is 57.5 Å². The maximum absolute atomic E-state index is 14.0. The highest BCUT2D eigenvalue weighted by atomic mass is 19.1. The van der Waals surface area contributed by atoms with Gasteiger partial charge in [-0.15, -0.1) is 0 Å². The van der Waals surface area contributed by atoms with Crippen LogP contribution in [0.25, 0.3) is 0 Å². The zero-order valence-corrected chi connectivity index (χ0v) is 16.0. The molecule has 1 aromatic heterocycles. The third-order valence-corrected chi connectivity index (χ3v) is 6.30. The van der Waals surface area contributed by atoms with Crippen molar-refractivity contribution in [3.63, 3.8) is 0 Å². The Morgan fingerprint density at radius 3 is 2.33 bits per heavy atom. The lowest BCUT2D eigenvalue weighted by molar-refractivity contribution is 0.131. The van der Waals surface area contributed by atoms with Crippen molar-refractivity contribution in [3.8, 4) is 0 Å². The second-order valence-corrected chi connectivity index (χ2v) is 7.89. The fourth-order valence-electron chi connectivity index (χ4n) is 4.60. The number of benzene rings is 1. The van der Waals surface area contributed by atoms with Gasteiger partial charge in [-0.2, -0.15) is 0 Å². The molecule has 2 fully saturated rings. The van der Waals surface area contributed by atoms with Crippen LogP contribution in [0.4, 0.5) is 10.1 Å². The molecule has 0 radical (unpaired) electrons. The van der Waals surface area contributed by atoms with E-state index in [1.807, 2.05) is 18.3 Å². The molecule has 4 nitrogen and oxygen atoms in total. The summed E-state index contributed by atoms with van der Waals surface area (Å²) in [6.07, 6.45) is 6.28. The van der Waals surface area contributed by atoms with E-state index >= 15 is 0 Å². The summed E-state index contributed by atoms with van der Waals surface area (Å²) in [5.41, 5.74) is 2.00. The molecule has 0 spiro atoms. The van der Waals surface area contributed by atoms with Gasteiger partial charge in [0.15, 0.2) is 0 Å². The number of para-hydroxylation sites is 1. The van der Waals surface area contributed by atoms with Crippen LogP contribution in [-0.4, -0.2) is 41.7 Å². The van der Waals surface area contributed by atoms with Crippen LogP contribution in [-0.2, 0) is 7.05 Å². The van der Waals surface area contributed by atoms with Gasteiger partial charge in [0.05, 0.1) is 5.69 Å². The number of aromatic nitrogens is 1. The number of likely N-dealkylation sites (tertiary alicyclic amines) is 1. The fourth-order valence-corrected chi connectivity index (χ4v) is 4.60. The first-order chi connectivity index (χ1) is 13.1. The average molecular weight is 369 g/mol. The Labute approximate surface area is 160 Å². The van der Waals surface area contributed by atoms with Crippen molar-refractivity contribution >= 4 is 5.69 Å². The standard InChI is InChI=1S/C22H28FN3O/c1-24-11-6-18(16-22(24)27)17-7-12-25(13-8-17)19-9-14-26(15-10-19)21-5-3-2-4-20(21)23/h2-6,11,16-17,19H,7-10,12-15H2,1H3. The summed E-state index contributed by atoms with van der Waals surface area (Å²) in [6, 6.07) is 11.6. The summed E-state index contributed by atoms with van der Waals surface area (Å²) in [5.74, 6) is 0.374. The number of piperidine rings is 2. The Hall–Kier alpha value is -2.14. The molecule has 2 aliphatic heterocycles. The quantitative estimate of drug-likeness (QED) is 0.830. The van der Waals surface area contributed by atoms with Gasteiger partial charge >= 0.3 is 0 Å². The zero-order chi connectivity index (χ0) is 18.8. The summed E-state index contributed by atoms with van der Waals surface area (Å²) in [7, 11) is 1.79. The minimum Gasteiger partial charge on any atom is -0.369 e. The lowest BCUT2D eigenvalue weighted by Crippen LogP contribution is -2.47. The van der Waals surface area contributed by atoms with Crippen molar-refractivity contribution in [2.75, 3.05) is 31.1 Å². The molecule has 0 bridgehead atoms. The molecule has 2 aliphatic rings. The van der Waals surface area contributed by atoms with E-state index in [0.29, 0.717) is 12.0 Å². The number of anilines is 1. The normalized spacial score (nSPS) is 20.1. The summed E-state index contributed by atoms with van der Waals surface area (Å²) in [6.45, 7) is 4.01. The first-order valence-corrected chi connectivity index (χ1v) is 10.0. The largest absolute Gasteiger partial charge is 0.369 e. The van der Waals surface area contributed by atoms with Crippen molar-refractivity contribution in [2.24, 2.45) is 7.05 Å². The summed E-state index contributed by atoms with van der Waals surface area (Å²) < 4.78 is 15.6. The van der Waals surface area contributed by atoms with Crippen LogP contribution in [0.15, 0.2) is 47.4 Å². The molecule has 0 amide bonds. The van der Waals surface area contributed by atoms with E-state index in [2.05, 4.69) is 15.9 Å². The molecule has 144 valence electrons. The lowest BCUT2D eigenvalue weighted by atomic mass is 9.88. The minimum atomic E-state index is -0.120. The smallest absolute Gasteiger partial charge is 0.250 e. The van der Waals surface area contributed by atoms with Crippen LogP contribution in [0.3, 0.4) is 0 Å². The summed E-state index contributed by atoms with van der Waals surface area (Å²) >= 11 is 0. The highest BCUT2D eigenvalue weighted by molar-refractivity contribution is 5.47. The SMILES string of the molecule is Cn1ccc(C2CCN(C3CCN(c4ccccc4F)CC3)CC2)cc1=O. The number of hydrogen-bond acceptors (Lipinski definition) is 3. The van der Waals surface area contributed by atoms with Gasteiger partial charge in [-0.05, 0) is 68.5 Å². The Morgan fingerprint density at radius 1 is 0.963 bits per heavy atom. The first-order valence-electron chi connectivity index (χ1n) is 10.0. The number of aryl methyl sites for hydroxylation is 1. The van der Waals surface area contributed by atoms with Crippen molar-refractivity contribution in [3.05, 3.63) is 64.3 Å². The van der Waals surface area contributed by atoms with Gasteiger partial charge in [-0.1, -0.05) is 12.1 Å². The van der Waals surface area contributed by atoms with Gasteiger partial charge in [-0.25, -0.2) is 4.39 Å². The molecule has 3 heterocycles. The predicted molar refractivity (Wildman–Crippen MR) is 107 cm³/mol. The van der Waals surface area contributed by atoms with Gasteiger partial charge in [0.1, 0.15) is 5.82 Å². The molecule has 1 aromatic carbocycles. The fraction of sp³-hybridized carbons (Fsp3) is 0.500. The third kappa shape index (κ3) is 3.93. The molecule has 27 heavy (non-hydrogen) atoms. The molecule has 0 aliphatic carbocycles. The molecule has 2 saturated heterocycles. The number of halogens is 1. The number of rotatable bonds is 3. The molecule has 0 unspecified atom stereocenters. The van der Waals surface area contributed by atoms with Crippen LogP contribution >= 0.6 is 0 Å². The minimum absolute atomic E-state index is 0.0791. The molecule has 0 atom stereocenters. The van der Waals surface area contributed by atoms with E-state index in [-0.39, 0.29) is 11.4 Å². The number of hydrogen-bond donors (Lipinski definition) is 0. The van der Waals surface area contributed by atoms with E-state index in [1.54, 1.807) is 29.8 Å². The molecule has 4 rings (SSSR count). The van der Waals surface area contributed by atoms with Crippen molar-refractivity contribution < 1.29 is 4.39 Å². The Balaban J connectivity index is 1.31. The van der Waals surface area contributed by atoms with Crippen molar-refractivity contribution in [1.82, 2.24) is 9.47 Å². The van der Waals surface area contributed by atoms with Crippen LogP contribution < -0.4 is 10.5 Å². The van der Waals surface area contributed by atoms with Gasteiger partial charge in [0.25, 0.3) is 5.56 Å².